The number of carbonyl (C=O) groups is 1. The summed E-state index contributed by atoms with van der Waals surface area (Å²) < 4.78 is 48.7. The molecule has 2 fully saturated rings. The Morgan fingerprint density at radius 2 is 1.89 bits per heavy atom. The molecule has 3 heterocycles. The molecule has 35 heavy (non-hydrogen) atoms. The Bertz CT molecular complexity index is 1030. The summed E-state index contributed by atoms with van der Waals surface area (Å²) in [7, 11) is 1.74. The number of ether oxygens (including phenoxy) is 2. The van der Waals surface area contributed by atoms with E-state index in [2.05, 4.69) is 14.7 Å². The normalized spacial score (nSPS) is 19.9. The van der Waals surface area contributed by atoms with Crippen LogP contribution in [0.4, 0.5) is 13.2 Å². The van der Waals surface area contributed by atoms with Crippen molar-refractivity contribution in [1.29, 1.82) is 0 Å². The van der Waals surface area contributed by atoms with Crippen LogP contribution in [0.25, 0.3) is 5.69 Å². The van der Waals surface area contributed by atoms with Crippen molar-refractivity contribution in [3.63, 3.8) is 0 Å². The SMILES string of the molecule is COCCC1CCCN1C1CCN(C(=O)c2c(C)nn(-c3cccc(OC(F)(F)F)c3)c2C)CC1. The molecule has 2 aliphatic rings. The molecule has 0 spiro atoms. The molecule has 1 aromatic heterocycles. The first-order valence-corrected chi connectivity index (χ1v) is 12.1. The molecule has 2 aliphatic heterocycles. The van der Waals surface area contributed by atoms with Crippen molar-refractivity contribution in [2.75, 3.05) is 33.4 Å². The maximum absolute atomic E-state index is 13.4. The highest BCUT2D eigenvalue weighted by Crippen LogP contribution is 2.30. The van der Waals surface area contributed by atoms with E-state index in [-0.39, 0.29) is 11.7 Å². The van der Waals surface area contributed by atoms with Gasteiger partial charge in [-0.05, 0) is 64.6 Å². The topological polar surface area (TPSA) is 59.8 Å². The molecule has 0 radical (unpaired) electrons. The van der Waals surface area contributed by atoms with Crippen LogP contribution in [-0.4, -0.2) is 77.3 Å². The summed E-state index contributed by atoms with van der Waals surface area (Å²) in [6.07, 6.45) is 0.536. The lowest BCUT2D eigenvalue weighted by molar-refractivity contribution is -0.274. The van der Waals surface area contributed by atoms with E-state index in [1.807, 2.05) is 4.90 Å². The molecule has 1 amide bonds. The fourth-order valence-corrected chi connectivity index (χ4v) is 5.48. The zero-order chi connectivity index (χ0) is 25.2. The van der Waals surface area contributed by atoms with Crippen LogP contribution in [0.15, 0.2) is 24.3 Å². The van der Waals surface area contributed by atoms with Gasteiger partial charge in [0, 0.05) is 45.0 Å². The van der Waals surface area contributed by atoms with E-state index in [1.54, 1.807) is 27.0 Å². The first-order valence-electron chi connectivity index (χ1n) is 12.1. The molecular weight excluding hydrogens is 461 g/mol. The third-order valence-electron chi connectivity index (χ3n) is 7.10. The van der Waals surface area contributed by atoms with E-state index in [0.717, 1.165) is 32.4 Å². The van der Waals surface area contributed by atoms with Gasteiger partial charge in [-0.15, -0.1) is 13.2 Å². The zero-order valence-corrected chi connectivity index (χ0v) is 20.5. The van der Waals surface area contributed by atoms with Gasteiger partial charge in [0.2, 0.25) is 0 Å². The van der Waals surface area contributed by atoms with Gasteiger partial charge in [0.1, 0.15) is 5.75 Å². The molecule has 1 aromatic carbocycles. The van der Waals surface area contributed by atoms with Crippen molar-refractivity contribution in [1.82, 2.24) is 19.6 Å². The molecule has 192 valence electrons. The number of aromatic nitrogens is 2. The predicted molar refractivity (Wildman–Crippen MR) is 125 cm³/mol. The van der Waals surface area contributed by atoms with Gasteiger partial charge < -0.3 is 14.4 Å². The van der Waals surface area contributed by atoms with Crippen LogP contribution in [0.1, 0.15) is 53.8 Å². The van der Waals surface area contributed by atoms with Gasteiger partial charge in [-0.1, -0.05) is 6.07 Å². The Hall–Kier alpha value is -2.59. The number of methoxy groups -OCH3 is 1. The first-order chi connectivity index (χ1) is 16.7. The van der Waals surface area contributed by atoms with Crippen molar-refractivity contribution in [3.05, 3.63) is 41.2 Å². The lowest BCUT2D eigenvalue weighted by atomic mass is 10.00. The number of piperidine rings is 1. The van der Waals surface area contributed by atoms with E-state index < -0.39 is 6.36 Å². The average Bonchev–Trinajstić information content (AvgIpc) is 3.40. The van der Waals surface area contributed by atoms with Crippen molar-refractivity contribution in [2.24, 2.45) is 0 Å². The summed E-state index contributed by atoms with van der Waals surface area (Å²) in [4.78, 5) is 17.9. The summed E-state index contributed by atoms with van der Waals surface area (Å²) in [5.74, 6) is -0.409. The van der Waals surface area contributed by atoms with Gasteiger partial charge in [0.05, 0.1) is 22.6 Å². The number of alkyl halides is 3. The number of likely N-dealkylation sites (tertiary alicyclic amines) is 2. The lowest BCUT2D eigenvalue weighted by Gasteiger charge is -2.39. The fourth-order valence-electron chi connectivity index (χ4n) is 5.48. The molecule has 0 N–H and O–H groups in total. The van der Waals surface area contributed by atoms with Gasteiger partial charge in [-0.2, -0.15) is 5.10 Å². The number of benzene rings is 1. The second kappa shape index (κ2) is 10.6. The summed E-state index contributed by atoms with van der Waals surface area (Å²) in [5, 5.41) is 4.46. The minimum Gasteiger partial charge on any atom is -0.406 e. The van der Waals surface area contributed by atoms with Gasteiger partial charge in [-0.3, -0.25) is 9.69 Å². The Balaban J connectivity index is 1.45. The molecule has 0 saturated carbocycles. The second-order valence-electron chi connectivity index (χ2n) is 9.34. The Morgan fingerprint density at radius 3 is 2.57 bits per heavy atom. The fraction of sp³-hybridized carbons (Fsp3) is 0.600. The van der Waals surface area contributed by atoms with E-state index >= 15 is 0 Å². The molecule has 1 unspecified atom stereocenters. The third kappa shape index (κ3) is 5.81. The Morgan fingerprint density at radius 1 is 1.14 bits per heavy atom. The van der Waals surface area contributed by atoms with E-state index in [4.69, 9.17) is 4.74 Å². The largest absolute Gasteiger partial charge is 0.573 e. The first kappa shape index (κ1) is 25.5. The molecular formula is C25H33F3N4O3. The highest BCUT2D eigenvalue weighted by molar-refractivity contribution is 5.96. The number of rotatable bonds is 7. The van der Waals surface area contributed by atoms with Gasteiger partial charge in [0.25, 0.3) is 5.91 Å². The van der Waals surface area contributed by atoms with Crippen LogP contribution in [0.5, 0.6) is 5.75 Å². The maximum atomic E-state index is 13.4. The van der Waals surface area contributed by atoms with Crippen LogP contribution in [-0.2, 0) is 4.74 Å². The number of halogens is 3. The summed E-state index contributed by atoms with van der Waals surface area (Å²) >= 11 is 0. The number of hydrogen-bond donors (Lipinski definition) is 0. The van der Waals surface area contributed by atoms with Crippen LogP contribution in [0.3, 0.4) is 0 Å². The molecule has 7 nitrogen and oxygen atoms in total. The third-order valence-corrected chi connectivity index (χ3v) is 7.10. The summed E-state index contributed by atoms with van der Waals surface area (Å²) in [5.41, 5.74) is 2.06. The number of carbonyl (C=O) groups excluding carboxylic acids is 1. The minimum absolute atomic E-state index is 0.0789. The van der Waals surface area contributed by atoms with Crippen LogP contribution >= 0.6 is 0 Å². The van der Waals surface area contributed by atoms with E-state index in [0.29, 0.717) is 47.8 Å². The van der Waals surface area contributed by atoms with Crippen molar-refractivity contribution in [3.8, 4) is 11.4 Å². The molecule has 2 aromatic rings. The van der Waals surface area contributed by atoms with Gasteiger partial charge >= 0.3 is 6.36 Å². The zero-order valence-electron chi connectivity index (χ0n) is 20.5. The van der Waals surface area contributed by atoms with Crippen molar-refractivity contribution in [2.45, 2.75) is 64.4 Å². The average molecular weight is 495 g/mol. The Labute approximate surface area is 203 Å². The molecule has 1 atom stereocenters. The molecule has 4 rings (SSSR count). The second-order valence-corrected chi connectivity index (χ2v) is 9.34. The molecule has 10 heteroatoms. The quantitative estimate of drug-likeness (QED) is 0.568. The highest BCUT2D eigenvalue weighted by Gasteiger charge is 2.35. The molecule has 2 saturated heterocycles. The van der Waals surface area contributed by atoms with E-state index in [1.165, 1.54) is 35.7 Å². The van der Waals surface area contributed by atoms with Crippen LogP contribution in [0, 0.1) is 13.8 Å². The van der Waals surface area contributed by atoms with Crippen LogP contribution < -0.4 is 4.74 Å². The number of hydrogen-bond acceptors (Lipinski definition) is 5. The van der Waals surface area contributed by atoms with Crippen LogP contribution in [0.2, 0.25) is 0 Å². The standard InChI is InChI=1S/C25H33F3N4O3/c1-17-23(18(2)32(29-17)21-6-4-8-22(16-21)35-25(26,27)28)24(33)30-13-9-20(10-14-30)31-12-5-7-19(31)11-15-34-3/h4,6,8,16,19-20H,5,7,9-15H2,1-3H3. The number of amides is 1. The smallest absolute Gasteiger partial charge is 0.406 e. The lowest BCUT2D eigenvalue weighted by Crippen LogP contribution is -2.48. The molecule has 0 bridgehead atoms. The Kier molecular flexibility index (Phi) is 7.70. The summed E-state index contributed by atoms with van der Waals surface area (Å²) in [6.45, 7) is 6.75. The van der Waals surface area contributed by atoms with Gasteiger partial charge in [0.15, 0.2) is 0 Å². The highest BCUT2D eigenvalue weighted by atomic mass is 19.4. The maximum Gasteiger partial charge on any atom is 0.573 e. The van der Waals surface area contributed by atoms with Crippen molar-refractivity contribution >= 4 is 5.91 Å². The number of nitrogens with zero attached hydrogens (tertiary/aromatic N) is 4. The van der Waals surface area contributed by atoms with Crippen molar-refractivity contribution < 1.29 is 27.4 Å². The molecule has 0 aliphatic carbocycles. The predicted octanol–water partition coefficient (Wildman–Crippen LogP) is 4.49. The number of aryl methyl sites for hydroxylation is 1. The monoisotopic (exact) mass is 494 g/mol. The van der Waals surface area contributed by atoms with Gasteiger partial charge in [-0.25, -0.2) is 4.68 Å². The minimum atomic E-state index is -4.78. The van der Waals surface area contributed by atoms with E-state index in [9.17, 15) is 18.0 Å². The summed E-state index contributed by atoms with van der Waals surface area (Å²) in [6, 6.07) is 6.64.